The van der Waals surface area contributed by atoms with Crippen molar-refractivity contribution in [2.45, 2.75) is 56.3 Å². The molecule has 9 heteroatoms. The van der Waals surface area contributed by atoms with Gasteiger partial charge in [0, 0.05) is 47.8 Å². The van der Waals surface area contributed by atoms with E-state index in [2.05, 4.69) is 21.5 Å². The van der Waals surface area contributed by atoms with Crippen LogP contribution in [0.2, 0.25) is 0 Å². The third-order valence-corrected chi connectivity index (χ3v) is 7.24. The van der Waals surface area contributed by atoms with Crippen LogP contribution in [-0.2, 0) is 11.0 Å². The van der Waals surface area contributed by atoms with Gasteiger partial charge in [-0.05, 0) is 56.0 Å². The normalized spacial score (nSPS) is 21.8. The van der Waals surface area contributed by atoms with Crippen LogP contribution in [0.4, 0.5) is 24.5 Å². The molecule has 0 radical (unpaired) electrons. The first-order valence-electron chi connectivity index (χ1n) is 12.6. The molecule has 1 aromatic heterocycles. The van der Waals surface area contributed by atoms with Crippen molar-refractivity contribution in [2.24, 2.45) is 0 Å². The highest BCUT2D eigenvalue weighted by molar-refractivity contribution is 5.99. The van der Waals surface area contributed by atoms with Crippen LogP contribution in [0.25, 0.3) is 10.9 Å². The Hall–Kier alpha value is -4.06. The summed E-state index contributed by atoms with van der Waals surface area (Å²) in [6.07, 6.45) is 4.89. The van der Waals surface area contributed by atoms with Crippen molar-refractivity contribution >= 4 is 34.1 Å². The molecule has 2 aliphatic rings. The highest BCUT2D eigenvalue weighted by Crippen LogP contribution is 2.37. The fourth-order valence-corrected chi connectivity index (χ4v) is 5.37. The van der Waals surface area contributed by atoms with E-state index in [1.165, 1.54) is 6.07 Å². The van der Waals surface area contributed by atoms with E-state index >= 15 is 0 Å². The van der Waals surface area contributed by atoms with Crippen molar-refractivity contribution in [3.05, 3.63) is 65.9 Å². The minimum Gasteiger partial charge on any atom is -0.368 e. The smallest absolute Gasteiger partial charge is 0.368 e. The fourth-order valence-electron chi connectivity index (χ4n) is 5.37. The number of terminal acetylenes is 1. The summed E-state index contributed by atoms with van der Waals surface area (Å²) in [6.45, 7) is 0.628. The quantitative estimate of drug-likeness (QED) is 0.434. The fraction of sp³-hybridized carbons (Fsp3) is 0.345. The van der Waals surface area contributed by atoms with Crippen molar-refractivity contribution in [1.29, 1.82) is 0 Å². The first kappa shape index (κ1) is 25.6. The average Bonchev–Trinajstić information content (AvgIpc) is 3.34. The number of carbonyl (C=O) groups is 2. The van der Waals surface area contributed by atoms with E-state index in [0.29, 0.717) is 55.3 Å². The van der Waals surface area contributed by atoms with E-state index < -0.39 is 17.4 Å². The van der Waals surface area contributed by atoms with Crippen molar-refractivity contribution < 1.29 is 22.8 Å². The molecule has 2 aromatic carbocycles. The summed E-state index contributed by atoms with van der Waals surface area (Å²) in [5.41, 5.74) is -0.351. The largest absolute Gasteiger partial charge is 0.433 e. The van der Waals surface area contributed by atoms with Gasteiger partial charge in [0.1, 0.15) is 11.2 Å². The Labute approximate surface area is 218 Å². The van der Waals surface area contributed by atoms with Crippen LogP contribution >= 0.6 is 0 Å². The summed E-state index contributed by atoms with van der Waals surface area (Å²) in [5, 5.41) is 6.80. The minimum atomic E-state index is -4.61. The maximum absolute atomic E-state index is 13.6. The number of pyridine rings is 1. The summed E-state index contributed by atoms with van der Waals surface area (Å²) >= 11 is 0. The second kappa shape index (κ2) is 10.0. The number of carbonyl (C=O) groups excluding carboxylic acids is 2. The lowest BCUT2D eigenvalue weighted by atomic mass is 9.79. The third kappa shape index (κ3) is 5.17. The van der Waals surface area contributed by atoms with Gasteiger partial charge in [-0.25, -0.2) is 4.98 Å². The predicted octanol–water partition coefficient (Wildman–Crippen LogP) is 5.54. The van der Waals surface area contributed by atoms with Crippen LogP contribution in [0.1, 0.15) is 54.6 Å². The first-order chi connectivity index (χ1) is 18.2. The number of halogens is 3. The molecule has 3 aromatic rings. The Kier molecular flexibility index (Phi) is 6.74. The van der Waals surface area contributed by atoms with Gasteiger partial charge in [-0.3, -0.25) is 9.59 Å². The molecule has 196 valence electrons. The maximum atomic E-state index is 13.6. The van der Waals surface area contributed by atoms with Gasteiger partial charge in [-0.15, -0.1) is 6.42 Å². The van der Waals surface area contributed by atoms with Crippen molar-refractivity contribution in [3.8, 4) is 12.3 Å². The molecular weight excluding hydrogens is 493 g/mol. The molecular formula is C29H27F3N4O2. The summed E-state index contributed by atoms with van der Waals surface area (Å²) in [7, 11) is 0. The molecule has 1 saturated carbocycles. The zero-order valence-electron chi connectivity index (χ0n) is 20.6. The molecule has 2 atom stereocenters. The van der Waals surface area contributed by atoms with Gasteiger partial charge in [0.25, 0.3) is 5.91 Å². The molecule has 2 heterocycles. The standard InChI is InChI=1S/C29H27F3N4O2/c1-2-28(35-24-17-25(29(30,31)32)34-23-12-4-3-11-22(23)24)14-6-9-20(18-28)33-27(38)19-8-5-10-21(16-19)36-15-7-13-26(36)37/h1,3-5,8,10-12,16-17,20H,6-7,9,13-15,18H2,(H,33,38)(H,34,35)/t20-,28+/m1/s1. The predicted molar refractivity (Wildman–Crippen MR) is 140 cm³/mol. The van der Waals surface area contributed by atoms with Gasteiger partial charge in [0.05, 0.1) is 5.52 Å². The Morgan fingerprint density at radius 3 is 2.68 bits per heavy atom. The lowest BCUT2D eigenvalue weighted by molar-refractivity contribution is -0.140. The summed E-state index contributed by atoms with van der Waals surface area (Å²) in [6, 6.07) is 14.3. The van der Waals surface area contributed by atoms with Gasteiger partial charge >= 0.3 is 6.18 Å². The second-order valence-corrected chi connectivity index (χ2v) is 9.89. The number of rotatable bonds is 5. The second-order valence-electron chi connectivity index (χ2n) is 9.89. The van der Waals surface area contributed by atoms with E-state index in [9.17, 15) is 22.8 Å². The SMILES string of the molecule is C#C[C@]1(Nc2cc(C(F)(F)F)nc3ccccc23)CCC[C@@H](NC(=O)c2cccc(N3CCCC3=O)c2)C1. The topological polar surface area (TPSA) is 74.3 Å². The molecule has 1 aliphatic carbocycles. The number of hydrogen-bond donors (Lipinski definition) is 2. The molecule has 2 N–H and O–H groups in total. The summed E-state index contributed by atoms with van der Waals surface area (Å²) in [5.74, 6) is 2.53. The van der Waals surface area contributed by atoms with Crippen LogP contribution < -0.4 is 15.5 Å². The zero-order chi connectivity index (χ0) is 26.9. The zero-order valence-corrected chi connectivity index (χ0v) is 20.6. The number of nitrogens with zero attached hydrogens (tertiary/aromatic N) is 2. The van der Waals surface area contributed by atoms with Crippen LogP contribution in [0, 0.1) is 12.3 Å². The van der Waals surface area contributed by atoms with Crippen LogP contribution in [-0.4, -0.2) is 34.9 Å². The molecule has 38 heavy (non-hydrogen) atoms. The molecule has 0 unspecified atom stereocenters. The van der Waals surface area contributed by atoms with Gasteiger partial charge in [-0.2, -0.15) is 13.2 Å². The number of fused-ring (bicyclic) bond motifs is 1. The van der Waals surface area contributed by atoms with Crippen LogP contribution in [0.5, 0.6) is 0 Å². The van der Waals surface area contributed by atoms with Crippen molar-refractivity contribution in [1.82, 2.24) is 10.3 Å². The Morgan fingerprint density at radius 1 is 1.13 bits per heavy atom. The summed E-state index contributed by atoms with van der Waals surface area (Å²) < 4.78 is 40.7. The molecule has 1 saturated heterocycles. The Morgan fingerprint density at radius 2 is 1.95 bits per heavy atom. The third-order valence-electron chi connectivity index (χ3n) is 7.24. The maximum Gasteiger partial charge on any atom is 0.433 e. The average molecular weight is 521 g/mol. The van der Waals surface area contributed by atoms with Crippen molar-refractivity contribution in [2.75, 3.05) is 16.8 Å². The number of aromatic nitrogens is 1. The van der Waals surface area contributed by atoms with E-state index in [1.807, 2.05) is 6.07 Å². The lowest BCUT2D eigenvalue weighted by Gasteiger charge is -2.39. The van der Waals surface area contributed by atoms with Gasteiger partial charge in [-0.1, -0.05) is 30.2 Å². The van der Waals surface area contributed by atoms with E-state index in [4.69, 9.17) is 6.42 Å². The van der Waals surface area contributed by atoms with Gasteiger partial charge in [0.15, 0.2) is 0 Å². The first-order valence-corrected chi connectivity index (χ1v) is 12.6. The molecule has 2 fully saturated rings. The molecule has 1 aliphatic heterocycles. The Bertz CT molecular complexity index is 1430. The van der Waals surface area contributed by atoms with E-state index in [0.717, 1.165) is 12.5 Å². The van der Waals surface area contributed by atoms with Gasteiger partial charge in [0.2, 0.25) is 5.91 Å². The number of amides is 2. The van der Waals surface area contributed by atoms with Crippen LogP contribution in [0.15, 0.2) is 54.6 Å². The van der Waals surface area contributed by atoms with Gasteiger partial charge < -0.3 is 15.5 Å². The van der Waals surface area contributed by atoms with Crippen LogP contribution in [0.3, 0.4) is 0 Å². The lowest BCUT2D eigenvalue weighted by Crippen LogP contribution is -2.49. The molecule has 2 amide bonds. The molecule has 0 spiro atoms. The molecule has 6 nitrogen and oxygen atoms in total. The number of benzene rings is 2. The minimum absolute atomic E-state index is 0.0389. The van der Waals surface area contributed by atoms with E-state index in [-0.39, 0.29) is 29.1 Å². The number of para-hydroxylation sites is 1. The highest BCUT2D eigenvalue weighted by atomic mass is 19.4. The number of anilines is 2. The number of alkyl halides is 3. The number of hydrogen-bond acceptors (Lipinski definition) is 4. The Balaban J connectivity index is 1.36. The number of nitrogens with one attached hydrogen (secondary N) is 2. The highest BCUT2D eigenvalue weighted by Gasteiger charge is 2.38. The molecule has 5 rings (SSSR count). The van der Waals surface area contributed by atoms with Crippen molar-refractivity contribution in [3.63, 3.8) is 0 Å². The molecule has 0 bridgehead atoms. The summed E-state index contributed by atoms with van der Waals surface area (Å²) in [4.78, 5) is 30.7. The van der Waals surface area contributed by atoms with E-state index in [1.54, 1.807) is 41.3 Å². The monoisotopic (exact) mass is 520 g/mol.